The van der Waals surface area contributed by atoms with E-state index in [1.807, 2.05) is 23.1 Å². The normalized spacial score (nSPS) is 13.6. The van der Waals surface area contributed by atoms with Crippen LogP contribution in [0.5, 0.6) is 0 Å². The summed E-state index contributed by atoms with van der Waals surface area (Å²) >= 11 is 0. The second-order valence-corrected chi connectivity index (χ2v) is 5.35. The van der Waals surface area contributed by atoms with Crippen molar-refractivity contribution in [1.29, 1.82) is 0 Å². The summed E-state index contributed by atoms with van der Waals surface area (Å²) in [6.45, 7) is 3.02. The molecule has 3 nitrogen and oxygen atoms in total. The standard InChI is InChI=1S/C16H24N2O/c1-2-3-4-5-6-7-16(19)18-11-10-13-8-9-14(17)12-15(13)18/h8-9,12H,2-7,10-11,17H2,1H3. The van der Waals surface area contributed by atoms with Crippen molar-refractivity contribution in [2.75, 3.05) is 17.2 Å². The zero-order valence-corrected chi connectivity index (χ0v) is 11.8. The van der Waals surface area contributed by atoms with Gasteiger partial charge in [0.2, 0.25) is 5.91 Å². The number of nitrogens with two attached hydrogens (primary N) is 1. The Balaban J connectivity index is 1.87. The smallest absolute Gasteiger partial charge is 0.226 e. The Bertz CT molecular complexity index is 442. The van der Waals surface area contributed by atoms with Gasteiger partial charge in [-0.2, -0.15) is 0 Å². The molecule has 2 N–H and O–H groups in total. The van der Waals surface area contributed by atoms with E-state index in [4.69, 9.17) is 5.73 Å². The molecule has 1 heterocycles. The average Bonchev–Trinajstić information content (AvgIpc) is 2.81. The fraction of sp³-hybridized carbons (Fsp3) is 0.562. The van der Waals surface area contributed by atoms with Gasteiger partial charge in [-0.1, -0.05) is 38.7 Å². The van der Waals surface area contributed by atoms with E-state index in [2.05, 4.69) is 6.92 Å². The number of hydrogen-bond donors (Lipinski definition) is 1. The van der Waals surface area contributed by atoms with Crippen molar-refractivity contribution in [2.24, 2.45) is 0 Å². The maximum atomic E-state index is 12.2. The Morgan fingerprint density at radius 3 is 2.84 bits per heavy atom. The van der Waals surface area contributed by atoms with E-state index in [0.717, 1.165) is 37.2 Å². The summed E-state index contributed by atoms with van der Waals surface area (Å²) in [6.07, 6.45) is 7.55. The molecule has 1 amide bonds. The van der Waals surface area contributed by atoms with Crippen molar-refractivity contribution in [3.8, 4) is 0 Å². The van der Waals surface area contributed by atoms with Crippen LogP contribution < -0.4 is 10.6 Å². The topological polar surface area (TPSA) is 46.3 Å². The van der Waals surface area contributed by atoms with Gasteiger partial charge in [0.15, 0.2) is 0 Å². The van der Waals surface area contributed by atoms with E-state index in [0.29, 0.717) is 6.42 Å². The first-order valence-electron chi connectivity index (χ1n) is 7.41. The molecule has 0 saturated heterocycles. The Morgan fingerprint density at radius 2 is 2.05 bits per heavy atom. The highest BCUT2D eigenvalue weighted by Gasteiger charge is 2.23. The van der Waals surface area contributed by atoms with Crippen LogP contribution in [-0.4, -0.2) is 12.5 Å². The van der Waals surface area contributed by atoms with Crippen molar-refractivity contribution in [3.63, 3.8) is 0 Å². The molecular weight excluding hydrogens is 236 g/mol. The molecule has 0 unspecified atom stereocenters. The second-order valence-electron chi connectivity index (χ2n) is 5.35. The van der Waals surface area contributed by atoms with Crippen LogP contribution in [0.2, 0.25) is 0 Å². The zero-order valence-electron chi connectivity index (χ0n) is 11.8. The van der Waals surface area contributed by atoms with Gasteiger partial charge in [-0.25, -0.2) is 0 Å². The van der Waals surface area contributed by atoms with Crippen LogP contribution in [0.25, 0.3) is 0 Å². The molecule has 0 bridgehead atoms. The Hall–Kier alpha value is -1.51. The van der Waals surface area contributed by atoms with Gasteiger partial charge in [-0.05, 0) is 30.5 Å². The third-order valence-corrected chi connectivity index (χ3v) is 3.80. The van der Waals surface area contributed by atoms with E-state index in [1.54, 1.807) is 0 Å². The minimum Gasteiger partial charge on any atom is -0.399 e. The monoisotopic (exact) mass is 260 g/mol. The van der Waals surface area contributed by atoms with Crippen molar-refractivity contribution >= 4 is 17.3 Å². The first-order chi connectivity index (χ1) is 9.22. The lowest BCUT2D eigenvalue weighted by molar-refractivity contribution is -0.118. The number of fused-ring (bicyclic) bond motifs is 1. The second kappa shape index (κ2) is 6.60. The van der Waals surface area contributed by atoms with Gasteiger partial charge in [0, 0.05) is 24.3 Å². The largest absolute Gasteiger partial charge is 0.399 e. The quantitative estimate of drug-likeness (QED) is 0.628. The fourth-order valence-corrected chi connectivity index (χ4v) is 2.67. The summed E-state index contributed by atoms with van der Waals surface area (Å²) in [5, 5.41) is 0. The highest BCUT2D eigenvalue weighted by Crippen LogP contribution is 2.30. The molecule has 0 radical (unpaired) electrons. The minimum atomic E-state index is 0.251. The van der Waals surface area contributed by atoms with Crippen LogP contribution in [0.3, 0.4) is 0 Å². The van der Waals surface area contributed by atoms with E-state index in [9.17, 15) is 4.79 Å². The number of unbranched alkanes of at least 4 members (excludes halogenated alkanes) is 4. The number of amides is 1. The predicted octanol–water partition coefficient (Wildman–Crippen LogP) is 3.52. The lowest BCUT2D eigenvalue weighted by Crippen LogP contribution is -2.28. The van der Waals surface area contributed by atoms with Crippen LogP contribution in [0.15, 0.2) is 18.2 Å². The van der Waals surface area contributed by atoms with Crippen LogP contribution in [-0.2, 0) is 11.2 Å². The number of rotatable bonds is 6. The van der Waals surface area contributed by atoms with Crippen molar-refractivity contribution in [3.05, 3.63) is 23.8 Å². The molecular formula is C16H24N2O. The van der Waals surface area contributed by atoms with Gasteiger partial charge >= 0.3 is 0 Å². The summed E-state index contributed by atoms with van der Waals surface area (Å²) in [6, 6.07) is 5.88. The fourth-order valence-electron chi connectivity index (χ4n) is 2.67. The Kier molecular flexibility index (Phi) is 4.83. The molecule has 0 aromatic heterocycles. The minimum absolute atomic E-state index is 0.251. The molecule has 3 heteroatoms. The molecule has 1 aromatic carbocycles. The van der Waals surface area contributed by atoms with Crippen LogP contribution in [0.4, 0.5) is 11.4 Å². The van der Waals surface area contributed by atoms with Gasteiger partial charge in [0.05, 0.1) is 0 Å². The van der Waals surface area contributed by atoms with Crippen molar-refractivity contribution in [2.45, 2.75) is 51.9 Å². The van der Waals surface area contributed by atoms with Gasteiger partial charge < -0.3 is 10.6 Å². The summed E-state index contributed by atoms with van der Waals surface area (Å²) in [5.41, 5.74) is 8.82. The first-order valence-corrected chi connectivity index (χ1v) is 7.41. The third kappa shape index (κ3) is 3.49. The molecule has 0 spiro atoms. The van der Waals surface area contributed by atoms with E-state index >= 15 is 0 Å². The van der Waals surface area contributed by atoms with Gasteiger partial charge in [0.1, 0.15) is 0 Å². The molecule has 1 aromatic rings. The molecule has 2 rings (SSSR count). The molecule has 0 fully saturated rings. The van der Waals surface area contributed by atoms with Crippen molar-refractivity contribution in [1.82, 2.24) is 0 Å². The number of nitrogen functional groups attached to an aromatic ring is 1. The Labute approximate surface area is 115 Å². The molecule has 0 atom stereocenters. The van der Waals surface area contributed by atoms with Crippen LogP contribution in [0.1, 0.15) is 51.0 Å². The summed E-state index contributed by atoms with van der Waals surface area (Å²) in [4.78, 5) is 14.1. The lowest BCUT2D eigenvalue weighted by Gasteiger charge is -2.17. The molecule has 0 saturated carbocycles. The summed E-state index contributed by atoms with van der Waals surface area (Å²) in [7, 11) is 0. The molecule has 19 heavy (non-hydrogen) atoms. The number of hydrogen-bond acceptors (Lipinski definition) is 2. The summed E-state index contributed by atoms with van der Waals surface area (Å²) in [5.74, 6) is 0.251. The van der Waals surface area contributed by atoms with Crippen molar-refractivity contribution < 1.29 is 4.79 Å². The molecule has 1 aliphatic heterocycles. The maximum absolute atomic E-state index is 12.2. The van der Waals surface area contributed by atoms with Crippen LogP contribution >= 0.6 is 0 Å². The number of benzene rings is 1. The van der Waals surface area contributed by atoms with E-state index in [-0.39, 0.29) is 5.91 Å². The highest BCUT2D eigenvalue weighted by molar-refractivity contribution is 5.95. The van der Waals surface area contributed by atoms with Crippen LogP contribution in [0, 0.1) is 0 Å². The van der Waals surface area contributed by atoms with E-state index in [1.165, 1.54) is 24.8 Å². The SMILES string of the molecule is CCCCCCCC(=O)N1CCc2ccc(N)cc21. The molecule has 1 aliphatic rings. The highest BCUT2D eigenvalue weighted by atomic mass is 16.2. The zero-order chi connectivity index (χ0) is 13.7. The van der Waals surface area contributed by atoms with Gasteiger partial charge in [0.25, 0.3) is 0 Å². The maximum Gasteiger partial charge on any atom is 0.226 e. The lowest BCUT2D eigenvalue weighted by atomic mass is 10.1. The predicted molar refractivity (Wildman–Crippen MR) is 80.3 cm³/mol. The number of nitrogens with zero attached hydrogens (tertiary/aromatic N) is 1. The number of anilines is 2. The summed E-state index contributed by atoms with van der Waals surface area (Å²) < 4.78 is 0. The molecule has 104 valence electrons. The average molecular weight is 260 g/mol. The third-order valence-electron chi connectivity index (χ3n) is 3.80. The molecule has 0 aliphatic carbocycles. The number of carbonyl (C=O) groups excluding carboxylic acids is 1. The Morgan fingerprint density at radius 1 is 1.26 bits per heavy atom. The van der Waals surface area contributed by atoms with Gasteiger partial charge in [-0.15, -0.1) is 0 Å². The van der Waals surface area contributed by atoms with Gasteiger partial charge in [-0.3, -0.25) is 4.79 Å². The number of carbonyl (C=O) groups is 1. The first kappa shape index (κ1) is 13.9. The van der Waals surface area contributed by atoms with E-state index < -0.39 is 0 Å².